The van der Waals surface area contributed by atoms with E-state index in [1.165, 1.54) is 12.0 Å². The number of imidazole rings is 1. The summed E-state index contributed by atoms with van der Waals surface area (Å²) in [5.41, 5.74) is 2.48. The maximum absolute atomic E-state index is 5.12. The zero-order chi connectivity index (χ0) is 14.7. The highest BCUT2D eigenvalue weighted by Gasteiger charge is 2.38. The second-order valence-electron chi connectivity index (χ2n) is 5.75. The van der Waals surface area contributed by atoms with Crippen LogP contribution in [0.15, 0.2) is 36.5 Å². The lowest BCUT2D eigenvalue weighted by atomic mass is 10.1. The number of ether oxygens (including phenoxy) is 1. The molecule has 3 rings (SSSR count). The van der Waals surface area contributed by atoms with Gasteiger partial charge >= 0.3 is 0 Å². The Balaban J connectivity index is 1.61. The normalized spacial score (nSPS) is 20.5. The summed E-state index contributed by atoms with van der Waals surface area (Å²) in [6.07, 6.45) is 4.31. The van der Waals surface area contributed by atoms with E-state index in [1.807, 2.05) is 6.92 Å². The van der Waals surface area contributed by atoms with Crippen LogP contribution < -0.4 is 5.32 Å². The smallest absolute Gasteiger partial charge is 0.203 e. The molecule has 21 heavy (non-hydrogen) atoms. The van der Waals surface area contributed by atoms with Crippen LogP contribution in [0.25, 0.3) is 0 Å². The highest BCUT2D eigenvalue weighted by Crippen LogP contribution is 2.42. The molecular weight excluding hydrogens is 262 g/mol. The number of hydrogen-bond donors (Lipinski definition) is 1. The monoisotopic (exact) mass is 285 g/mol. The topological polar surface area (TPSA) is 39.1 Å². The Labute approximate surface area is 126 Å². The van der Waals surface area contributed by atoms with E-state index in [1.54, 1.807) is 7.11 Å². The van der Waals surface area contributed by atoms with Crippen LogP contribution >= 0.6 is 0 Å². The molecule has 0 radical (unpaired) electrons. The molecule has 1 N–H and O–H groups in total. The zero-order valence-electron chi connectivity index (χ0n) is 12.7. The fourth-order valence-corrected chi connectivity index (χ4v) is 2.80. The van der Waals surface area contributed by atoms with E-state index < -0.39 is 0 Å². The average molecular weight is 285 g/mol. The molecule has 112 valence electrons. The molecule has 4 nitrogen and oxygen atoms in total. The first-order chi connectivity index (χ1) is 10.3. The molecule has 0 amide bonds. The molecule has 0 saturated heterocycles. The van der Waals surface area contributed by atoms with Crippen molar-refractivity contribution in [1.29, 1.82) is 0 Å². The van der Waals surface area contributed by atoms with Crippen molar-refractivity contribution >= 4 is 5.95 Å². The Hall–Kier alpha value is -1.81. The lowest BCUT2D eigenvalue weighted by Crippen LogP contribution is -2.11. The van der Waals surface area contributed by atoms with Crippen LogP contribution in [0.3, 0.4) is 0 Å². The van der Waals surface area contributed by atoms with Crippen molar-refractivity contribution < 1.29 is 4.74 Å². The van der Waals surface area contributed by atoms with E-state index in [2.05, 4.69) is 51.4 Å². The van der Waals surface area contributed by atoms with E-state index in [4.69, 9.17) is 4.74 Å². The molecule has 1 fully saturated rings. The minimum atomic E-state index is 0.510. The zero-order valence-corrected chi connectivity index (χ0v) is 12.7. The minimum absolute atomic E-state index is 0.510. The second-order valence-corrected chi connectivity index (χ2v) is 5.75. The highest BCUT2D eigenvalue weighted by molar-refractivity contribution is 5.38. The fourth-order valence-electron chi connectivity index (χ4n) is 2.80. The number of rotatable bonds is 7. The fraction of sp³-hybridized carbons (Fsp3) is 0.471. The minimum Gasteiger partial charge on any atom is -0.385 e. The van der Waals surface area contributed by atoms with Crippen LogP contribution in [0.2, 0.25) is 0 Å². The van der Waals surface area contributed by atoms with E-state index >= 15 is 0 Å². The Morgan fingerprint density at radius 2 is 2.14 bits per heavy atom. The molecule has 2 unspecified atom stereocenters. The average Bonchev–Trinajstić information content (AvgIpc) is 3.17. The van der Waals surface area contributed by atoms with Crippen LogP contribution in [0.5, 0.6) is 0 Å². The van der Waals surface area contributed by atoms with Gasteiger partial charge < -0.3 is 14.6 Å². The second kappa shape index (κ2) is 6.31. The molecule has 2 aromatic rings. The molecule has 1 aliphatic rings. The number of anilines is 1. The summed E-state index contributed by atoms with van der Waals surface area (Å²) < 4.78 is 7.33. The van der Waals surface area contributed by atoms with E-state index in [0.717, 1.165) is 31.2 Å². The van der Waals surface area contributed by atoms with Gasteiger partial charge in [0.25, 0.3) is 0 Å². The van der Waals surface area contributed by atoms with Crippen LogP contribution in [-0.2, 0) is 11.3 Å². The molecule has 4 heteroatoms. The van der Waals surface area contributed by atoms with Crippen LogP contribution in [0.4, 0.5) is 5.95 Å². The van der Waals surface area contributed by atoms with Crippen molar-refractivity contribution in [2.45, 2.75) is 38.3 Å². The molecule has 1 heterocycles. The number of nitrogens with zero attached hydrogens (tertiary/aromatic N) is 2. The SMILES string of the molecule is COCCCn1cc(C)nc1NC1CC1c1ccccc1. The molecule has 2 atom stereocenters. The van der Waals surface area contributed by atoms with Gasteiger partial charge in [0, 0.05) is 38.4 Å². The third-order valence-corrected chi connectivity index (χ3v) is 3.98. The predicted molar refractivity (Wildman–Crippen MR) is 84.7 cm³/mol. The lowest BCUT2D eigenvalue weighted by molar-refractivity contribution is 0.190. The number of nitrogens with one attached hydrogen (secondary N) is 1. The Bertz CT molecular complexity index is 579. The number of benzene rings is 1. The molecule has 1 aliphatic carbocycles. The molecule has 0 spiro atoms. The van der Waals surface area contributed by atoms with Gasteiger partial charge in [0.2, 0.25) is 5.95 Å². The standard InChI is InChI=1S/C17H23N3O/c1-13-12-20(9-6-10-21-2)17(18-13)19-16-11-15(16)14-7-4-3-5-8-14/h3-5,7-8,12,15-16H,6,9-11H2,1-2H3,(H,18,19). The van der Waals surface area contributed by atoms with Crippen molar-refractivity contribution in [2.75, 3.05) is 19.0 Å². The first-order valence-electron chi connectivity index (χ1n) is 7.62. The Morgan fingerprint density at radius 1 is 1.33 bits per heavy atom. The van der Waals surface area contributed by atoms with Crippen LogP contribution in [0, 0.1) is 6.92 Å². The van der Waals surface area contributed by atoms with Crippen molar-refractivity contribution in [1.82, 2.24) is 9.55 Å². The predicted octanol–water partition coefficient (Wildman–Crippen LogP) is 3.20. The summed E-state index contributed by atoms with van der Waals surface area (Å²) in [7, 11) is 1.74. The Morgan fingerprint density at radius 3 is 2.90 bits per heavy atom. The first kappa shape index (κ1) is 14.1. The van der Waals surface area contributed by atoms with Gasteiger partial charge in [0.05, 0.1) is 5.69 Å². The van der Waals surface area contributed by atoms with Crippen molar-refractivity contribution in [3.63, 3.8) is 0 Å². The molecule has 1 aromatic heterocycles. The number of aryl methyl sites for hydroxylation is 2. The summed E-state index contributed by atoms with van der Waals surface area (Å²) in [4.78, 5) is 4.61. The molecule has 1 saturated carbocycles. The number of hydrogen-bond acceptors (Lipinski definition) is 3. The van der Waals surface area contributed by atoms with E-state index in [0.29, 0.717) is 12.0 Å². The summed E-state index contributed by atoms with van der Waals surface area (Å²) in [6.45, 7) is 3.77. The van der Waals surface area contributed by atoms with Gasteiger partial charge in [-0.15, -0.1) is 0 Å². The first-order valence-corrected chi connectivity index (χ1v) is 7.62. The summed E-state index contributed by atoms with van der Waals surface area (Å²) in [5.74, 6) is 1.61. The molecule has 0 aliphatic heterocycles. The molecule has 0 bridgehead atoms. The Kier molecular flexibility index (Phi) is 4.25. The van der Waals surface area contributed by atoms with Gasteiger partial charge in [-0.25, -0.2) is 4.98 Å². The summed E-state index contributed by atoms with van der Waals surface area (Å²) in [6, 6.07) is 11.2. The van der Waals surface area contributed by atoms with Gasteiger partial charge in [-0.2, -0.15) is 0 Å². The third-order valence-electron chi connectivity index (χ3n) is 3.98. The van der Waals surface area contributed by atoms with Gasteiger partial charge in [-0.1, -0.05) is 30.3 Å². The van der Waals surface area contributed by atoms with E-state index in [9.17, 15) is 0 Å². The largest absolute Gasteiger partial charge is 0.385 e. The quantitative estimate of drug-likeness (QED) is 0.794. The molecule has 1 aromatic carbocycles. The van der Waals surface area contributed by atoms with Gasteiger partial charge in [0.1, 0.15) is 0 Å². The van der Waals surface area contributed by atoms with Gasteiger partial charge in [0.15, 0.2) is 0 Å². The third kappa shape index (κ3) is 3.45. The maximum Gasteiger partial charge on any atom is 0.203 e. The van der Waals surface area contributed by atoms with Crippen molar-refractivity contribution in [3.8, 4) is 0 Å². The van der Waals surface area contributed by atoms with Crippen molar-refractivity contribution in [2.24, 2.45) is 0 Å². The van der Waals surface area contributed by atoms with Gasteiger partial charge in [-0.05, 0) is 25.3 Å². The number of aromatic nitrogens is 2. The highest BCUT2D eigenvalue weighted by atomic mass is 16.5. The molecular formula is C17H23N3O. The van der Waals surface area contributed by atoms with Crippen LogP contribution in [-0.4, -0.2) is 29.3 Å². The number of methoxy groups -OCH3 is 1. The van der Waals surface area contributed by atoms with Crippen molar-refractivity contribution in [3.05, 3.63) is 47.8 Å². The summed E-state index contributed by atoms with van der Waals surface area (Å²) in [5, 5.41) is 3.59. The maximum atomic E-state index is 5.12. The van der Waals surface area contributed by atoms with Crippen LogP contribution in [0.1, 0.15) is 30.0 Å². The lowest BCUT2D eigenvalue weighted by Gasteiger charge is -2.09. The summed E-state index contributed by atoms with van der Waals surface area (Å²) >= 11 is 0. The van der Waals surface area contributed by atoms with Gasteiger partial charge in [-0.3, -0.25) is 0 Å². The van der Waals surface area contributed by atoms with E-state index in [-0.39, 0.29) is 0 Å².